The molecule has 4 N–H and O–H groups in total. The number of phenolic OH excluding ortho intramolecular Hbond substituents is 2. The third-order valence-corrected chi connectivity index (χ3v) is 8.96. The van der Waals surface area contributed by atoms with Gasteiger partial charge in [0, 0.05) is 0 Å². The zero-order valence-electron chi connectivity index (χ0n) is 15.8. The van der Waals surface area contributed by atoms with Gasteiger partial charge >= 0.3 is 11.9 Å². The van der Waals surface area contributed by atoms with Crippen LogP contribution in [0.15, 0.2) is 39.2 Å². The molecule has 0 saturated carbocycles. The number of esters is 2. The van der Waals surface area contributed by atoms with Gasteiger partial charge in [-0.05, 0) is 0 Å². The molecule has 0 aliphatic carbocycles. The van der Waals surface area contributed by atoms with Crippen LogP contribution in [0.1, 0.15) is 0 Å². The second kappa shape index (κ2) is 10.4. The second-order valence-electron chi connectivity index (χ2n) is 5.69. The molecule has 0 aromatic heterocycles. The van der Waals surface area contributed by atoms with E-state index in [2.05, 4.69) is 0 Å². The number of hydrogen-bond donors (Lipinski definition) is 4. The highest BCUT2D eigenvalue weighted by Crippen LogP contribution is 2.67. The number of nitriles is 2. The molecule has 0 unspecified atom stereocenters. The molecule has 0 fully saturated rings. The quantitative estimate of drug-likeness (QED) is 0.188. The van der Waals surface area contributed by atoms with E-state index in [1.54, 1.807) is 12.1 Å². The van der Waals surface area contributed by atoms with Crippen molar-refractivity contribution in [2.45, 2.75) is 19.6 Å². The molecule has 0 amide bonds. The summed E-state index contributed by atoms with van der Waals surface area (Å²) in [6, 6.07) is 3.48. The fraction of sp³-hybridized carbons (Fsp3) is 0.222. The minimum Gasteiger partial charge on any atom is -0.505 e. The average Bonchev–Trinajstić information content (AvgIpc) is 3.41. The van der Waals surface area contributed by atoms with Crippen molar-refractivity contribution >= 4 is 59.0 Å². The normalized spacial score (nSPS) is 13.6. The van der Waals surface area contributed by atoms with Crippen LogP contribution in [0.25, 0.3) is 0 Å². The molecule has 0 bridgehead atoms. The van der Waals surface area contributed by atoms with Crippen LogP contribution >= 0.6 is 47.0 Å². The van der Waals surface area contributed by atoms with Gasteiger partial charge in [-0.3, -0.25) is 0 Å². The summed E-state index contributed by atoms with van der Waals surface area (Å²) in [7, 11) is 0. The first-order valence-corrected chi connectivity index (χ1v) is 11.8. The fourth-order valence-electron chi connectivity index (χ4n) is 2.40. The molecule has 166 valence electrons. The number of ether oxygens (including phenoxy) is 2. The Kier molecular flexibility index (Phi) is 7.89. The summed E-state index contributed by atoms with van der Waals surface area (Å²) in [6.07, 6.45) is 0. The lowest BCUT2D eigenvalue weighted by molar-refractivity contribution is -0.140. The van der Waals surface area contributed by atoms with Gasteiger partial charge in [-0.15, -0.1) is 0 Å². The van der Waals surface area contributed by atoms with Crippen molar-refractivity contribution in [1.29, 1.82) is 10.5 Å². The third-order valence-electron chi connectivity index (χ3n) is 3.74. The lowest BCUT2D eigenvalue weighted by Gasteiger charge is -2.08. The zero-order valence-corrected chi connectivity index (χ0v) is 19.0. The summed E-state index contributed by atoms with van der Waals surface area (Å²) in [4.78, 5) is 25.0. The fourth-order valence-corrected chi connectivity index (χ4v) is 7.58. The first-order valence-electron chi connectivity index (χ1n) is 8.55. The Morgan fingerprint density at radius 3 is 1.28 bits per heavy atom. The molecule has 0 spiro atoms. The number of hydrogen-bond acceptors (Lipinski definition) is 14. The van der Waals surface area contributed by atoms with E-state index in [0.29, 0.717) is 0 Å². The monoisotopic (exact) mass is 512 g/mol. The first kappa shape index (κ1) is 24.2. The Labute approximate surface area is 197 Å². The standard InChI is InChI=1S/C18H12N2O8S4/c19-5-7(15(25)27-3-1-21)17-29-11-9(23)13-14(10(24)12(11)30-17)32-18(31-13)8(6-20)16(26)28-4-2-22/h21-24H,1-4H2. The molecule has 2 aliphatic rings. The number of aromatic hydroxyl groups is 2. The summed E-state index contributed by atoms with van der Waals surface area (Å²) >= 11 is 3.58. The number of carbonyl (C=O) groups is 2. The largest absolute Gasteiger partial charge is 0.505 e. The highest BCUT2D eigenvalue weighted by molar-refractivity contribution is 8.26. The molecule has 2 aliphatic heterocycles. The number of carbonyl (C=O) groups excluding carboxylic acids is 2. The Bertz CT molecular complexity index is 1020. The van der Waals surface area contributed by atoms with Gasteiger partial charge < -0.3 is 29.9 Å². The van der Waals surface area contributed by atoms with E-state index in [1.807, 2.05) is 0 Å². The van der Waals surface area contributed by atoms with Gasteiger partial charge in [-0.25, -0.2) is 9.59 Å². The summed E-state index contributed by atoms with van der Waals surface area (Å²) in [5.74, 6) is -2.36. The predicted molar refractivity (Wildman–Crippen MR) is 115 cm³/mol. The summed E-state index contributed by atoms with van der Waals surface area (Å²) < 4.78 is 9.93. The lowest BCUT2D eigenvalue weighted by Crippen LogP contribution is -2.10. The van der Waals surface area contributed by atoms with Crippen molar-refractivity contribution in [3.8, 4) is 23.6 Å². The van der Waals surface area contributed by atoms with Crippen LogP contribution in [0, 0.1) is 22.7 Å². The van der Waals surface area contributed by atoms with Gasteiger partial charge in [-0.1, -0.05) is 47.0 Å². The maximum atomic E-state index is 12.1. The van der Waals surface area contributed by atoms with Crippen LogP contribution in [-0.2, 0) is 19.1 Å². The molecule has 14 heteroatoms. The van der Waals surface area contributed by atoms with Gasteiger partial charge in [0.1, 0.15) is 36.9 Å². The number of phenols is 2. The predicted octanol–water partition coefficient (Wildman–Crippen LogP) is 2.03. The number of rotatable bonds is 6. The molecule has 1 aromatic rings. The molecular formula is C18H12N2O8S4. The highest BCUT2D eigenvalue weighted by atomic mass is 32.2. The van der Waals surface area contributed by atoms with Crippen LogP contribution < -0.4 is 0 Å². The van der Waals surface area contributed by atoms with E-state index in [-0.39, 0.29) is 63.9 Å². The second-order valence-corrected chi connectivity index (χ2v) is 10.3. The van der Waals surface area contributed by atoms with Gasteiger partial charge in [0.05, 0.1) is 41.3 Å². The smallest absolute Gasteiger partial charge is 0.350 e. The molecule has 0 radical (unpaired) electrons. The van der Waals surface area contributed by atoms with E-state index in [9.17, 15) is 30.3 Å². The number of fused-ring (bicyclic) bond motifs is 2. The Morgan fingerprint density at radius 1 is 0.719 bits per heavy atom. The molecule has 0 atom stereocenters. The van der Waals surface area contributed by atoms with Crippen molar-refractivity contribution in [1.82, 2.24) is 0 Å². The number of aliphatic hydroxyl groups is 2. The maximum Gasteiger partial charge on any atom is 0.350 e. The van der Waals surface area contributed by atoms with Gasteiger partial charge in [0.15, 0.2) is 11.1 Å². The van der Waals surface area contributed by atoms with Gasteiger partial charge in [0.25, 0.3) is 0 Å². The van der Waals surface area contributed by atoms with Crippen LogP contribution in [-0.4, -0.2) is 58.8 Å². The molecule has 0 saturated heterocycles. The van der Waals surface area contributed by atoms with Crippen molar-refractivity contribution in [2.24, 2.45) is 0 Å². The minimum atomic E-state index is -0.940. The van der Waals surface area contributed by atoms with Crippen molar-refractivity contribution in [3.05, 3.63) is 19.6 Å². The topological polar surface area (TPSA) is 181 Å². The average molecular weight is 513 g/mol. The SMILES string of the molecule is N#CC(C(=O)OCCO)=C1Sc2c(O)c3c(c(O)c2S1)SC(=C(C#N)C(=O)OCCO)S3. The molecule has 3 rings (SSSR count). The number of aliphatic hydroxyl groups excluding tert-OH is 2. The van der Waals surface area contributed by atoms with Gasteiger partial charge in [-0.2, -0.15) is 10.5 Å². The van der Waals surface area contributed by atoms with Crippen LogP contribution in [0.3, 0.4) is 0 Å². The number of nitrogens with zero attached hydrogens (tertiary/aromatic N) is 2. The minimum absolute atomic E-state index is 0.191. The lowest BCUT2D eigenvalue weighted by atomic mass is 10.3. The van der Waals surface area contributed by atoms with Crippen LogP contribution in [0.2, 0.25) is 0 Å². The molecule has 1 aromatic carbocycles. The zero-order chi connectivity index (χ0) is 23.4. The summed E-state index contributed by atoms with van der Waals surface area (Å²) in [6.45, 7) is -1.38. The van der Waals surface area contributed by atoms with E-state index < -0.39 is 25.2 Å². The molecule has 32 heavy (non-hydrogen) atoms. The van der Waals surface area contributed by atoms with Crippen molar-refractivity contribution in [2.75, 3.05) is 26.4 Å². The summed E-state index contributed by atoms with van der Waals surface area (Å²) in [5, 5.41) is 57.8. The highest BCUT2D eigenvalue weighted by Gasteiger charge is 2.38. The molecular weight excluding hydrogens is 500 g/mol. The Balaban J connectivity index is 1.97. The van der Waals surface area contributed by atoms with E-state index in [1.165, 1.54) is 0 Å². The number of thioether (sulfide) groups is 4. The molecule has 2 heterocycles. The van der Waals surface area contributed by atoms with Crippen molar-refractivity contribution in [3.63, 3.8) is 0 Å². The van der Waals surface area contributed by atoms with E-state index in [4.69, 9.17) is 19.7 Å². The van der Waals surface area contributed by atoms with Crippen molar-refractivity contribution < 1.29 is 39.5 Å². The Hall–Kier alpha value is -2.46. The van der Waals surface area contributed by atoms with Crippen LogP contribution in [0.5, 0.6) is 11.5 Å². The van der Waals surface area contributed by atoms with Gasteiger partial charge in [0.2, 0.25) is 0 Å². The van der Waals surface area contributed by atoms with Crippen LogP contribution in [0.4, 0.5) is 0 Å². The third kappa shape index (κ3) is 4.52. The molecule has 10 nitrogen and oxygen atoms in total. The maximum absolute atomic E-state index is 12.1. The van der Waals surface area contributed by atoms with E-state index in [0.717, 1.165) is 47.0 Å². The first-order chi connectivity index (χ1) is 15.4. The Morgan fingerprint density at radius 2 is 1.03 bits per heavy atom. The van der Waals surface area contributed by atoms with E-state index >= 15 is 0 Å². The number of benzene rings is 1. The summed E-state index contributed by atoms with van der Waals surface area (Å²) in [5.41, 5.74) is -0.661.